The summed E-state index contributed by atoms with van der Waals surface area (Å²) in [6, 6.07) is 0. The first-order valence-corrected chi connectivity index (χ1v) is 15.5. The highest BCUT2D eigenvalue weighted by molar-refractivity contribution is 9.09. The summed E-state index contributed by atoms with van der Waals surface area (Å²) in [5.74, 6) is 5.21. The van der Waals surface area contributed by atoms with Crippen LogP contribution in [0, 0.1) is 46.3 Å². The Labute approximate surface area is 218 Å². The second-order valence-electron chi connectivity index (χ2n) is 13.6. The zero-order valence-corrected chi connectivity index (χ0v) is 24.5. The minimum absolute atomic E-state index is 0.0415. The van der Waals surface area contributed by atoms with E-state index in [1.807, 2.05) is 6.92 Å². The fourth-order valence-corrected chi connectivity index (χ4v) is 9.48. The van der Waals surface area contributed by atoms with Gasteiger partial charge in [-0.05, 0) is 91.3 Å². The molecule has 0 heterocycles. The first kappa shape index (κ1) is 26.7. The van der Waals surface area contributed by atoms with Gasteiger partial charge in [-0.2, -0.15) is 0 Å². The minimum Gasteiger partial charge on any atom is -0.462 e. The number of halogens is 1. The van der Waals surface area contributed by atoms with Gasteiger partial charge in [0, 0.05) is 11.2 Å². The Morgan fingerprint density at radius 3 is 2.53 bits per heavy atom. The number of alkyl halides is 1. The summed E-state index contributed by atoms with van der Waals surface area (Å²) in [5, 5.41) is 0. The third-order valence-corrected chi connectivity index (χ3v) is 11.3. The van der Waals surface area contributed by atoms with E-state index in [0.29, 0.717) is 17.3 Å². The van der Waals surface area contributed by atoms with Crippen LogP contribution in [-0.4, -0.2) is 16.9 Å². The molecule has 4 aliphatic rings. The zero-order chi connectivity index (χ0) is 24.7. The van der Waals surface area contributed by atoms with Crippen LogP contribution in [-0.2, 0) is 9.53 Å². The van der Waals surface area contributed by atoms with Gasteiger partial charge in [-0.15, -0.1) is 0 Å². The van der Waals surface area contributed by atoms with Gasteiger partial charge in [-0.3, -0.25) is 4.79 Å². The van der Waals surface area contributed by atoms with Gasteiger partial charge in [0.1, 0.15) is 6.10 Å². The topological polar surface area (TPSA) is 26.3 Å². The SMILES string of the molecule is CC(C)CCC[C@H](C)[C@@H]1CC[C@@H]2[C@H]3CC=C4C[C@@H](OC(=O)C[C@H](C)Br)CC[C@]4(C)[C@@H]3CC[C@@]21C. The van der Waals surface area contributed by atoms with Crippen LogP contribution in [0.25, 0.3) is 0 Å². The van der Waals surface area contributed by atoms with Crippen molar-refractivity contribution in [2.45, 2.75) is 130 Å². The molecule has 0 saturated heterocycles. The van der Waals surface area contributed by atoms with Gasteiger partial charge >= 0.3 is 5.97 Å². The summed E-state index contributed by atoms with van der Waals surface area (Å²) in [7, 11) is 0. The standard InChI is InChI=1S/C31H51BrO2/c1-20(2)8-7-9-21(3)26-12-13-27-25-11-10-23-19-24(34-29(33)18-22(4)32)14-16-30(23,5)28(25)15-17-31(26,27)6/h10,20-22,24-28H,7-9,11-19H2,1-6H3/t21-,22-,24-,25+,26-,27+,28+,30-,31+/m0/s1. The lowest BCUT2D eigenvalue weighted by Gasteiger charge is -2.58. The average Bonchev–Trinajstić information content (AvgIpc) is 3.10. The van der Waals surface area contributed by atoms with Gasteiger partial charge in [-0.25, -0.2) is 0 Å². The van der Waals surface area contributed by atoms with E-state index in [1.165, 1.54) is 57.8 Å². The lowest BCUT2D eigenvalue weighted by Crippen LogP contribution is -2.51. The number of fused-ring (bicyclic) bond motifs is 5. The molecule has 0 aromatic carbocycles. The minimum atomic E-state index is -0.0415. The molecule has 4 aliphatic carbocycles. The van der Waals surface area contributed by atoms with Gasteiger partial charge in [0.05, 0.1) is 6.42 Å². The van der Waals surface area contributed by atoms with Crippen LogP contribution in [0.2, 0.25) is 0 Å². The van der Waals surface area contributed by atoms with E-state index in [-0.39, 0.29) is 16.9 Å². The average molecular weight is 536 g/mol. The van der Waals surface area contributed by atoms with E-state index in [4.69, 9.17) is 4.74 Å². The van der Waals surface area contributed by atoms with Crippen molar-refractivity contribution in [3.8, 4) is 0 Å². The lowest BCUT2D eigenvalue weighted by atomic mass is 9.47. The molecule has 3 heteroatoms. The molecule has 3 saturated carbocycles. The van der Waals surface area contributed by atoms with Crippen molar-refractivity contribution in [2.75, 3.05) is 0 Å². The molecule has 0 aromatic rings. The molecule has 0 amide bonds. The number of hydrogen-bond acceptors (Lipinski definition) is 2. The van der Waals surface area contributed by atoms with Crippen molar-refractivity contribution in [2.24, 2.45) is 46.3 Å². The Bertz CT molecular complexity index is 757. The van der Waals surface area contributed by atoms with E-state index >= 15 is 0 Å². The van der Waals surface area contributed by atoms with Gasteiger partial charge in [0.25, 0.3) is 0 Å². The van der Waals surface area contributed by atoms with Gasteiger partial charge < -0.3 is 4.74 Å². The second kappa shape index (κ2) is 10.6. The Kier molecular flexibility index (Phi) is 8.33. The van der Waals surface area contributed by atoms with Crippen LogP contribution in [0.5, 0.6) is 0 Å². The number of ether oxygens (including phenoxy) is 1. The molecular weight excluding hydrogens is 484 g/mol. The highest BCUT2D eigenvalue weighted by atomic mass is 79.9. The highest BCUT2D eigenvalue weighted by Gasteiger charge is 2.59. The quantitative estimate of drug-likeness (QED) is 0.176. The van der Waals surface area contributed by atoms with E-state index in [9.17, 15) is 4.79 Å². The third kappa shape index (κ3) is 5.21. The predicted molar refractivity (Wildman–Crippen MR) is 146 cm³/mol. The van der Waals surface area contributed by atoms with E-state index in [0.717, 1.165) is 48.3 Å². The molecule has 34 heavy (non-hydrogen) atoms. The van der Waals surface area contributed by atoms with Crippen molar-refractivity contribution < 1.29 is 9.53 Å². The van der Waals surface area contributed by atoms with Crippen LogP contribution < -0.4 is 0 Å². The Morgan fingerprint density at radius 1 is 1.06 bits per heavy atom. The maximum Gasteiger partial charge on any atom is 0.307 e. The van der Waals surface area contributed by atoms with Crippen LogP contribution >= 0.6 is 15.9 Å². The lowest BCUT2D eigenvalue weighted by molar-refractivity contribution is -0.151. The maximum atomic E-state index is 12.3. The fraction of sp³-hybridized carbons (Fsp3) is 0.903. The van der Waals surface area contributed by atoms with Gasteiger partial charge in [0.2, 0.25) is 0 Å². The molecule has 4 rings (SSSR count). The number of rotatable bonds is 8. The summed E-state index contributed by atoms with van der Waals surface area (Å²) in [4.78, 5) is 12.5. The number of esters is 1. The molecule has 0 radical (unpaired) electrons. The molecule has 2 nitrogen and oxygen atoms in total. The van der Waals surface area contributed by atoms with E-state index < -0.39 is 0 Å². The van der Waals surface area contributed by atoms with Gasteiger partial charge in [-0.1, -0.05) is 88.4 Å². The normalized spacial score (nSPS) is 41.2. The number of allylic oxidation sites excluding steroid dienone is 1. The smallest absolute Gasteiger partial charge is 0.307 e. The van der Waals surface area contributed by atoms with E-state index in [2.05, 4.69) is 56.6 Å². The highest BCUT2D eigenvalue weighted by Crippen LogP contribution is 2.67. The molecular formula is C31H51BrO2. The summed E-state index contributed by atoms with van der Waals surface area (Å²) >= 11 is 3.49. The third-order valence-electron chi connectivity index (χ3n) is 11.0. The molecule has 0 bridgehead atoms. The summed E-state index contributed by atoms with van der Waals surface area (Å²) < 4.78 is 5.90. The Morgan fingerprint density at radius 2 is 1.82 bits per heavy atom. The maximum absolute atomic E-state index is 12.3. The van der Waals surface area contributed by atoms with Crippen molar-refractivity contribution in [3.63, 3.8) is 0 Å². The van der Waals surface area contributed by atoms with Gasteiger partial charge in [0.15, 0.2) is 0 Å². The molecule has 9 atom stereocenters. The number of carbonyl (C=O) groups is 1. The molecule has 0 aliphatic heterocycles. The molecule has 0 spiro atoms. The van der Waals surface area contributed by atoms with Crippen molar-refractivity contribution in [3.05, 3.63) is 11.6 Å². The first-order valence-electron chi connectivity index (χ1n) is 14.6. The predicted octanol–water partition coefficient (Wildman–Crippen LogP) is 9.11. The summed E-state index contributed by atoms with van der Waals surface area (Å²) in [6.07, 6.45) is 17.6. The summed E-state index contributed by atoms with van der Waals surface area (Å²) in [5.41, 5.74) is 2.50. The fourth-order valence-electron chi connectivity index (χ4n) is 9.22. The van der Waals surface area contributed by atoms with Crippen molar-refractivity contribution >= 4 is 21.9 Å². The van der Waals surface area contributed by atoms with Crippen molar-refractivity contribution in [1.29, 1.82) is 0 Å². The molecule has 194 valence electrons. The zero-order valence-electron chi connectivity index (χ0n) is 22.9. The Balaban J connectivity index is 1.42. The largest absolute Gasteiger partial charge is 0.462 e. The Hall–Kier alpha value is -0.310. The summed E-state index contributed by atoms with van der Waals surface area (Å²) in [6.45, 7) is 14.6. The molecule has 0 unspecified atom stereocenters. The van der Waals surface area contributed by atoms with Crippen LogP contribution in [0.15, 0.2) is 11.6 Å². The monoisotopic (exact) mass is 534 g/mol. The molecule has 0 aromatic heterocycles. The number of hydrogen-bond donors (Lipinski definition) is 0. The van der Waals surface area contributed by atoms with Crippen molar-refractivity contribution in [1.82, 2.24) is 0 Å². The second-order valence-corrected chi connectivity index (χ2v) is 15.2. The van der Waals surface area contributed by atoms with Crippen LogP contribution in [0.1, 0.15) is 119 Å². The number of carbonyl (C=O) groups excluding carboxylic acids is 1. The molecule has 3 fully saturated rings. The van der Waals surface area contributed by atoms with E-state index in [1.54, 1.807) is 5.57 Å². The van der Waals surface area contributed by atoms with Crippen LogP contribution in [0.4, 0.5) is 0 Å². The first-order chi connectivity index (χ1) is 16.0. The van der Waals surface area contributed by atoms with Crippen LogP contribution in [0.3, 0.4) is 0 Å². The molecule has 0 N–H and O–H groups in total.